The van der Waals surface area contributed by atoms with Crippen LogP contribution in [0.25, 0.3) is 0 Å². The molecule has 0 unspecified atom stereocenters. The van der Waals surface area contributed by atoms with Crippen LogP contribution in [-0.2, 0) is 15.6 Å². The number of hydrogen-bond acceptors (Lipinski definition) is 2. The summed E-state index contributed by atoms with van der Waals surface area (Å²) in [5, 5.41) is 0. The fourth-order valence-corrected chi connectivity index (χ4v) is 5.29. The molecule has 3 aliphatic carbocycles. The standard InChI is InChI=1S/C19H27BO2/c1-12-6-7-14(13(2)8-12)11-20-21-17-10-15-9-16(18(15,3)4)19(17,5)22-20/h6-8,15-17H,9-11H2,1-5H3/t15-,16-,17+,19-/m0/s1. The first-order chi connectivity index (χ1) is 10.3. The van der Waals surface area contributed by atoms with Crippen molar-refractivity contribution in [1.82, 2.24) is 0 Å². The van der Waals surface area contributed by atoms with E-state index < -0.39 is 0 Å². The Bertz CT molecular complexity index is 611. The summed E-state index contributed by atoms with van der Waals surface area (Å²) in [5.41, 5.74) is 4.35. The first kappa shape index (κ1) is 14.8. The van der Waals surface area contributed by atoms with Crippen LogP contribution >= 0.6 is 0 Å². The highest BCUT2D eigenvalue weighted by molar-refractivity contribution is 6.44. The minimum Gasteiger partial charge on any atom is -0.405 e. The summed E-state index contributed by atoms with van der Waals surface area (Å²) in [5.74, 6) is 1.46. The minimum atomic E-state index is -0.0818. The molecule has 0 radical (unpaired) electrons. The third kappa shape index (κ3) is 1.95. The van der Waals surface area contributed by atoms with Crippen molar-refractivity contribution in [3.8, 4) is 0 Å². The van der Waals surface area contributed by atoms with Crippen molar-refractivity contribution < 1.29 is 9.31 Å². The summed E-state index contributed by atoms with van der Waals surface area (Å²) in [6.45, 7) is 11.4. The highest BCUT2D eigenvalue weighted by Gasteiger charge is 2.67. The van der Waals surface area contributed by atoms with Gasteiger partial charge in [0.25, 0.3) is 0 Å². The zero-order chi connectivity index (χ0) is 15.7. The number of rotatable bonds is 2. The van der Waals surface area contributed by atoms with Gasteiger partial charge < -0.3 is 9.31 Å². The Kier molecular flexibility index (Phi) is 3.10. The largest absolute Gasteiger partial charge is 0.462 e. The van der Waals surface area contributed by atoms with Crippen LogP contribution in [0.2, 0.25) is 0 Å². The lowest BCUT2D eigenvalue weighted by Crippen LogP contribution is -2.65. The van der Waals surface area contributed by atoms with Crippen molar-refractivity contribution in [2.24, 2.45) is 17.3 Å². The van der Waals surface area contributed by atoms with Crippen molar-refractivity contribution in [3.05, 3.63) is 34.9 Å². The van der Waals surface area contributed by atoms with E-state index in [0.717, 1.165) is 12.2 Å². The molecule has 2 bridgehead atoms. The Morgan fingerprint density at radius 1 is 1.18 bits per heavy atom. The van der Waals surface area contributed by atoms with Gasteiger partial charge in [-0.25, -0.2) is 0 Å². The molecule has 3 saturated carbocycles. The molecular formula is C19H27BO2. The number of aryl methyl sites for hydroxylation is 2. The van der Waals surface area contributed by atoms with E-state index in [9.17, 15) is 0 Å². The summed E-state index contributed by atoms with van der Waals surface area (Å²) in [6.07, 6.45) is 3.65. The van der Waals surface area contributed by atoms with Gasteiger partial charge in [-0.3, -0.25) is 0 Å². The molecule has 118 valence electrons. The molecule has 0 amide bonds. The van der Waals surface area contributed by atoms with E-state index in [1.54, 1.807) is 0 Å². The van der Waals surface area contributed by atoms with E-state index in [-0.39, 0.29) is 12.7 Å². The van der Waals surface area contributed by atoms with Crippen LogP contribution in [-0.4, -0.2) is 18.8 Å². The Hall–Kier alpha value is -0.795. The molecule has 3 heteroatoms. The summed E-state index contributed by atoms with van der Waals surface area (Å²) in [6, 6.07) is 6.66. The lowest BCUT2D eigenvalue weighted by Gasteiger charge is -2.64. The Morgan fingerprint density at radius 2 is 1.95 bits per heavy atom. The molecule has 1 aliphatic heterocycles. The molecule has 2 nitrogen and oxygen atoms in total. The van der Waals surface area contributed by atoms with Gasteiger partial charge in [0.1, 0.15) is 0 Å². The van der Waals surface area contributed by atoms with E-state index in [0.29, 0.717) is 17.4 Å². The highest BCUT2D eigenvalue weighted by atomic mass is 16.7. The molecule has 0 aromatic heterocycles. The molecular weight excluding hydrogens is 271 g/mol. The zero-order valence-corrected chi connectivity index (χ0v) is 14.5. The second kappa shape index (κ2) is 4.61. The molecule has 1 heterocycles. The predicted octanol–water partition coefficient (Wildman–Crippen LogP) is 4.11. The van der Waals surface area contributed by atoms with Crippen LogP contribution in [0.3, 0.4) is 0 Å². The highest BCUT2D eigenvalue weighted by Crippen LogP contribution is 2.65. The molecule has 1 aromatic carbocycles. The van der Waals surface area contributed by atoms with Crippen LogP contribution in [0.5, 0.6) is 0 Å². The van der Waals surface area contributed by atoms with Crippen molar-refractivity contribution in [2.75, 3.05) is 0 Å². The summed E-state index contributed by atoms with van der Waals surface area (Å²) < 4.78 is 12.8. The fourth-order valence-electron chi connectivity index (χ4n) is 5.29. The van der Waals surface area contributed by atoms with E-state index in [2.05, 4.69) is 52.8 Å². The maximum Gasteiger partial charge on any atom is 0.462 e. The van der Waals surface area contributed by atoms with Gasteiger partial charge in [-0.1, -0.05) is 37.6 Å². The van der Waals surface area contributed by atoms with Gasteiger partial charge >= 0.3 is 7.12 Å². The summed E-state index contributed by atoms with van der Waals surface area (Å²) in [4.78, 5) is 0. The SMILES string of the molecule is Cc1ccc(CB2O[C@@H]3C[C@@H]4C[C@@H](C4(C)C)[C@]3(C)O2)c(C)c1. The van der Waals surface area contributed by atoms with Crippen molar-refractivity contribution in [3.63, 3.8) is 0 Å². The molecule has 4 fully saturated rings. The average Bonchev–Trinajstić information content (AvgIpc) is 2.77. The topological polar surface area (TPSA) is 18.5 Å². The van der Waals surface area contributed by atoms with E-state index >= 15 is 0 Å². The van der Waals surface area contributed by atoms with Gasteiger partial charge in [0.15, 0.2) is 0 Å². The van der Waals surface area contributed by atoms with Crippen molar-refractivity contribution >= 4 is 7.12 Å². The quantitative estimate of drug-likeness (QED) is 0.765. The lowest BCUT2D eigenvalue weighted by atomic mass is 9.43. The Morgan fingerprint density at radius 3 is 2.64 bits per heavy atom. The third-order valence-electron chi connectivity index (χ3n) is 6.89. The average molecular weight is 298 g/mol. The normalized spacial score (nSPS) is 38.6. The first-order valence-electron chi connectivity index (χ1n) is 8.70. The monoisotopic (exact) mass is 298 g/mol. The molecule has 1 saturated heterocycles. The van der Waals surface area contributed by atoms with Gasteiger partial charge in [0, 0.05) is 6.32 Å². The maximum absolute atomic E-state index is 6.51. The molecule has 22 heavy (non-hydrogen) atoms. The number of benzene rings is 1. The lowest BCUT2D eigenvalue weighted by molar-refractivity contribution is -0.199. The molecule has 4 atom stereocenters. The molecule has 5 rings (SSSR count). The predicted molar refractivity (Wildman–Crippen MR) is 89.7 cm³/mol. The summed E-state index contributed by atoms with van der Waals surface area (Å²) in [7, 11) is -0.0773. The van der Waals surface area contributed by atoms with E-state index in [1.165, 1.54) is 29.5 Å². The molecule has 0 N–H and O–H groups in total. The fraction of sp³-hybridized carbons (Fsp3) is 0.684. The smallest absolute Gasteiger partial charge is 0.405 e. The maximum atomic E-state index is 6.51. The molecule has 1 aromatic rings. The van der Waals surface area contributed by atoms with Crippen LogP contribution in [0.4, 0.5) is 0 Å². The number of hydrogen-bond donors (Lipinski definition) is 0. The third-order valence-corrected chi connectivity index (χ3v) is 6.89. The summed E-state index contributed by atoms with van der Waals surface area (Å²) >= 11 is 0. The van der Waals surface area contributed by atoms with Crippen molar-refractivity contribution in [1.29, 1.82) is 0 Å². The molecule has 4 aliphatic rings. The van der Waals surface area contributed by atoms with Gasteiger partial charge in [-0.15, -0.1) is 0 Å². The van der Waals surface area contributed by atoms with Crippen LogP contribution in [0.1, 0.15) is 50.3 Å². The van der Waals surface area contributed by atoms with E-state index in [1.807, 2.05) is 0 Å². The molecule has 0 spiro atoms. The van der Waals surface area contributed by atoms with Crippen molar-refractivity contribution in [2.45, 2.75) is 65.5 Å². The van der Waals surface area contributed by atoms with Crippen LogP contribution < -0.4 is 0 Å². The van der Waals surface area contributed by atoms with Crippen LogP contribution in [0, 0.1) is 31.1 Å². The second-order valence-electron chi connectivity index (χ2n) is 8.53. The zero-order valence-electron chi connectivity index (χ0n) is 14.5. The van der Waals surface area contributed by atoms with Gasteiger partial charge in [0.05, 0.1) is 11.7 Å². The van der Waals surface area contributed by atoms with Gasteiger partial charge in [-0.2, -0.15) is 0 Å². The van der Waals surface area contributed by atoms with Gasteiger partial charge in [0.2, 0.25) is 0 Å². The Balaban J connectivity index is 1.53. The van der Waals surface area contributed by atoms with E-state index in [4.69, 9.17) is 9.31 Å². The minimum absolute atomic E-state index is 0.0773. The second-order valence-corrected chi connectivity index (χ2v) is 8.53. The van der Waals surface area contributed by atoms with Crippen LogP contribution in [0.15, 0.2) is 18.2 Å². The van der Waals surface area contributed by atoms with Gasteiger partial charge in [-0.05, 0) is 62.0 Å². The first-order valence-corrected chi connectivity index (χ1v) is 8.70. The Labute approximate surface area is 134 Å².